The molecule has 1 aromatic carbocycles. The molecule has 2 aromatic rings. The van der Waals surface area contributed by atoms with Gasteiger partial charge in [0, 0.05) is 26.2 Å². The summed E-state index contributed by atoms with van der Waals surface area (Å²) in [6, 6.07) is 9.36. The van der Waals surface area contributed by atoms with E-state index in [1.54, 1.807) is 27.8 Å². The lowest BCUT2D eigenvalue weighted by Gasteiger charge is -2.25. The number of benzene rings is 1. The molecule has 3 rings (SSSR count). The zero-order valence-electron chi connectivity index (χ0n) is 13.1. The van der Waals surface area contributed by atoms with Crippen LogP contribution in [0.4, 0.5) is 0 Å². The monoisotopic (exact) mass is 350 g/mol. The Labute approximate surface area is 142 Å². The van der Waals surface area contributed by atoms with Gasteiger partial charge >= 0.3 is 0 Å². The Hall–Kier alpha value is -1.21. The van der Waals surface area contributed by atoms with E-state index in [1.807, 2.05) is 12.1 Å². The minimum absolute atomic E-state index is 0.404. The summed E-state index contributed by atoms with van der Waals surface area (Å²) >= 11 is 1.69. The summed E-state index contributed by atoms with van der Waals surface area (Å²) in [5, 5.41) is 7.57. The normalized spacial score (nSPS) is 16.5. The van der Waals surface area contributed by atoms with Crippen molar-refractivity contribution in [1.82, 2.24) is 9.62 Å². The van der Waals surface area contributed by atoms with Crippen LogP contribution in [-0.4, -0.2) is 25.8 Å². The average molecular weight is 351 g/mol. The van der Waals surface area contributed by atoms with E-state index in [0.29, 0.717) is 18.0 Å². The highest BCUT2D eigenvalue weighted by molar-refractivity contribution is 7.89. The van der Waals surface area contributed by atoms with Gasteiger partial charge in [-0.05, 0) is 52.9 Å². The van der Waals surface area contributed by atoms with Gasteiger partial charge in [0.2, 0.25) is 10.0 Å². The van der Waals surface area contributed by atoms with Gasteiger partial charge < -0.3 is 5.32 Å². The van der Waals surface area contributed by atoms with Crippen molar-refractivity contribution in [3.8, 4) is 0 Å². The van der Waals surface area contributed by atoms with Crippen LogP contribution in [0.15, 0.2) is 46.0 Å². The zero-order chi connectivity index (χ0) is 16.1. The molecule has 2 heterocycles. The number of hydrogen-bond donors (Lipinski definition) is 1. The smallest absolute Gasteiger partial charge is 0.243 e. The van der Waals surface area contributed by atoms with Gasteiger partial charge in [0.05, 0.1) is 4.90 Å². The number of nitrogens with one attached hydrogen (secondary N) is 1. The Bertz CT molecular complexity index is 704. The molecule has 1 saturated heterocycles. The van der Waals surface area contributed by atoms with Crippen LogP contribution >= 0.6 is 11.3 Å². The quantitative estimate of drug-likeness (QED) is 0.870. The molecule has 23 heavy (non-hydrogen) atoms. The summed E-state index contributed by atoms with van der Waals surface area (Å²) in [5.41, 5.74) is 2.37. The number of nitrogens with zero attached hydrogens (tertiary/aromatic N) is 1. The van der Waals surface area contributed by atoms with Crippen molar-refractivity contribution in [2.45, 2.75) is 37.2 Å². The van der Waals surface area contributed by atoms with Crippen LogP contribution in [0.3, 0.4) is 0 Å². The number of piperidine rings is 1. The molecule has 124 valence electrons. The number of thiophene rings is 1. The molecule has 1 aromatic heterocycles. The van der Waals surface area contributed by atoms with Crippen LogP contribution in [0, 0.1) is 0 Å². The third-order valence-corrected chi connectivity index (χ3v) is 6.76. The Morgan fingerprint density at radius 1 is 0.957 bits per heavy atom. The third kappa shape index (κ3) is 4.20. The van der Waals surface area contributed by atoms with Crippen LogP contribution in [0.5, 0.6) is 0 Å². The molecule has 0 radical (unpaired) electrons. The maximum Gasteiger partial charge on any atom is 0.243 e. The van der Waals surface area contributed by atoms with Crippen molar-refractivity contribution in [3.05, 3.63) is 52.2 Å². The molecule has 0 saturated carbocycles. The molecule has 0 unspecified atom stereocenters. The first-order valence-corrected chi connectivity index (χ1v) is 10.4. The molecule has 0 atom stereocenters. The lowest BCUT2D eigenvalue weighted by Crippen LogP contribution is -2.35. The molecule has 4 nitrogen and oxygen atoms in total. The SMILES string of the molecule is O=S(=O)(c1ccc(CNCc2ccsc2)cc1)N1CCCCC1. The lowest BCUT2D eigenvalue weighted by atomic mass is 10.2. The molecule has 1 N–H and O–H groups in total. The predicted octanol–water partition coefficient (Wildman–Crippen LogP) is 3.21. The van der Waals surface area contributed by atoms with E-state index in [9.17, 15) is 8.42 Å². The van der Waals surface area contributed by atoms with Gasteiger partial charge in [-0.1, -0.05) is 18.6 Å². The fourth-order valence-electron chi connectivity index (χ4n) is 2.78. The zero-order valence-corrected chi connectivity index (χ0v) is 14.7. The summed E-state index contributed by atoms with van der Waals surface area (Å²) < 4.78 is 26.8. The van der Waals surface area contributed by atoms with Gasteiger partial charge in [-0.2, -0.15) is 15.6 Å². The molecule has 1 aliphatic rings. The number of rotatable bonds is 6. The topological polar surface area (TPSA) is 49.4 Å². The van der Waals surface area contributed by atoms with E-state index in [1.165, 1.54) is 5.56 Å². The fourth-order valence-corrected chi connectivity index (χ4v) is 4.96. The van der Waals surface area contributed by atoms with Crippen LogP contribution < -0.4 is 5.32 Å². The van der Waals surface area contributed by atoms with Crippen LogP contribution in [0.25, 0.3) is 0 Å². The molecule has 1 aliphatic heterocycles. The summed E-state index contributed by atoms with van der Waals surface area (Å²) in [6.07, 6.45) is 3.05. The van der Waals surface area contributed by atoms with Crippen molar-refractivity contribution in [1.29, 1.82) is 0 Å². The van der Waals surface area contributed by atoms with Gasteiger partial charge in [-0.15, -0.1) is 0 Å². The highest BCUT2D eigenvalue weighted by atomic mass is 32.2. The largest absolute Gasteiger partial charge is 0.309 e. The minimum Gasteiger partial charge on any atom is -0.309 e. The van der Waals surface area contributed by atoms with E-state index >= 15 is 0 Å². The number of sulfonamides is 1. The first-order valence-electron chi connectivity index (χ1n) is 7.97. The van der Waals surface area contributed by atoms with Crippen LogP contribution in [0.2, 0.25) is 0 Å². The molecule has 0 spiro atoms. The molecular formula is C17H22N2O2S2. The van der Waals surface area contributed by atoms with E-state index in [2.05, 4.69) is 22.1 Å². The standard InChI is InChI=1S/C17H22N2O2S2/c20-23(21,19-9-2-1-3-10-19)17-6-4-15(5-7-17)12-18-13-16-8-11-22-14-16/h4-8,11,14,18H,1-3,9-10,12-13H2. The first-order chi connectivity index (χ1) is 11.2. The average Bonchev–Trinajstić information content (AvgIpc) is 3.10. The van der Waals surface area contributed by atoms with E-state index in [4.69, 9.17) is 0 Å². The Kier molecular flexibility index (Phi) is 5.48. The van der Waals surface area contributed by atoms with Crippen molar-refractivity contribution >= 4 is 21.4 Å². The maximum atomic E-state index is 12.6. The van der Waals surface area contributed by atoms with Crippen LogP contribution in [-0.2, 0) is 23.1 Å². The summed E-state index contributed by atoms with van der Waals surface area (Å²) in [7, 11) is -3.32. The lowest BCUT2D eigenvalue weighted by molar-refractivity contribution is 0.346. The predicted molar refractivity (Wildman–Crippen MR) is 93.9 cm³/mol. The van der Waals surface area contributed by atoms with Gasteiger partial charge in [-0.3, -0.25) is 0 Å². The van der Waals surface area contributed by atoms with Gasteiger partial charge in [0.1, 0.15) is 0 Å². The summed E-state index contributed by atoms with van der Waals surface area (Å²) in [6.45, 7) is 2.86. The number of hydrogen-bond acceptors (Lipinski definition) is 4. The van der Waals surface area contributed by atoms with Crippen molar-refractivity contribution in [3.63, 3.8) is 0 Å². The molecule has 6 heteroatoms. The van der Waals surface area contributed by atoms with Gasteiger partial charge in [-0.25, -0.2) is 8.42 Å². The second-order valence-corrected chi connectivity index (χ2v) is 8.56. The Balaban J connectivity index is 1.59. The maximum absolute atomic E-state index is 12.6. The molecule has 0 aliphatic carbocycles. The second-order valence-electron chi connectivity index (χ2n) is 5.84. The molecule has 0 bridgehead atoms. The third-order valence-electron chi connectivity index (χ3n) is 4.11. The van der Waals surface area contributed by atoms with E-state index in [0.717, 1.165) is 37.9 Å². The highest BCUT2D eigenvalue weighted by Gasteiger charge is 2.25. The summed E-state index contributed by atoms with van der Waals surface area (Å²) in [4.78, 5) is 0.404. The molecule has 1 fully saturated rings. The van der Waals surface area contributed by atoms with Gasteiger partial charge in [0.15, 0.2) is 0 Å². The Morgan fingerprint density at radius 2 is 1.65 bits per heavy atom. The van der Waals surface area contributed by atoms with Crippen molar-refractivity contribution in [2.75, 3.05) is 13.1 Å². The minimum atomic E-state index is -3.32. The van der Waals surface area contributed by atoms with E-state index < -0.39 is 10.0 Å². The summed E-state index contributed by atoms with van der Waals surface area (Å²) in [5.74, 6) is 0. The molecule has 0 amide bonds. The van der Waals surface area contributed by atoms with Crippen LogP contribution in [0.1, 0.15) is 30.4 Å². The van der Waals surface area contributed by atoms with E-state index in [-0.39, 0.29) is 0 Å². The highest BCUT2D eigenvalue weighted by Crippen LogP contribution is 2.20. The second kappa shape index (κ2) is 7.57. The fraction of sp³-hybridized carbons (Fsp3) is 0.412. The first kappa shape index (κ1) is 16.6. The Morgan fingerprint density at radius 3 is 2.30 bits per heavy atom. The van der Waals surface area contributed by atoms with Crippen molar-refractivity contribution < 1.29 is 8.42 Å². The van der Waals surface area contributed by atoms with Gasteiger partial charge in [0.25, 0.3) is 0 Å². The molecular weight excluding hydrogens is 328 g/mol. The van der Waals surface area contributed by atoms with Crippen molar-refractivity contribution in [2.24, 2.45) is 0 Å².